The van der Waals surface area contributed by atoms with Crippen molar-refractivity contribution in [3.05, 3.63) is 30.6 Å². The molecule has 1 aromatic carbocycles. The number of fused-ring (bicyclic) bond motifs is 1. The SMILES string of the molecule is CCCNC1CCOCC1Sc1ncnc2ccccc12. The van der Waals surface area contributed by atoms with E-state index >= 15 is 0 Å². The van der Waals surface area contributed by atoms with Gasteiger partial charge in [-0.2, -0.15) is 0 Å². The average Bonchev–Trinajstić information content (AvgIpc) is 2.54. The lowest BCUT2D eigenvalue weighted by Gasteiger charge is -2.31. The molecule has 0 amide bonds. The molecule has 4 nitrogen and oxygen atoms in total. The van der Waals surface area contributed by atoms with Gasteiger partial charge in [0.1, 0.15) is 11.4 Å². The van der Waals surface area contributed by atoms with E-state index in [1.54, 1.807) is 6.33 Å². The molecule has 1 N–H and O–H groups in total. The van der Waals surface area contributed by atoms with Crippen molar-refractivity contribution in [1.82, 2.24) is 15.3 Å². The van der Waals surface area contributed by atoms with Crippen molar-refractivity contribution in [3.63, 3.8) is 0 Å². The molecule has 1 aliphatic heterocycles. The highest BCUT2D eigenvalue weighted by molar-refractivity contribution is 8.00. The van der Waals surface area contributed by atoms with E-state index in [4.69, 9.17) is 4.74 Å². The predicted octanol–water partition coefficient (Wildman–Crippen LogP) is 2.88. The summed E-state index contributed by atoms with van der Waals surface area (Å²) < 4.78 is 5.67. The van der Waals surface area contributed by atoms with Crippen LogP contribution in [-0.4, -0.2) is 41.0 Å². The number of nitrogens with one attached hydrogen (secondary N) is 1. The van der Waals surface area contributed by atoms with Gasteiger partial charge in [-0.05, 0) is 25.5 Å². The lowest BCUT2D eigenvalue weighted by Crippen LogP contribution is -2.45. The highest BCUT2D eigenvalue weighted by Crippen LogP contribution is 2.31. The van der Waals surface area contributed by atoms with Gasteiger partial charge in [0.2, 0.25) is 0 Å². The van der Waals surface area contributed by atoms with Crippen molar-refractivity contribution in [2.45, 2.75) is 36.1 Å². The van der Waals surface area contributed by atoms with E-state index in [1.807, 2.05) is 30.0 Å². The van der Waals surface area contributed by atoms with Gasteiger partial charge in [-0.1, -0.05) is 36.9 Å². The molecule has 21 heavy (non-hydrogen) atoms. The van der Waals surface area contributed by atoms with Crippen molar-refractivity contribution < 1.29 is 4.74 Å². The quantitative estimate of drug-likeness (QED) is 0.861. The van der Waals surface area contributed by atoms with Gasteiger partial charge in [-0.25, -0.2) is 9.97 Å². The lowest BCUT2D eigenvalue weighted by molar-refractivity contribution is 0.0833. The van der Waals surface area contributed by atoms with Crippen LogP contribution >= 0.6 is 11.8 Å². The fraction of sp³-hybridized carbons (Fsp3) is 0.500. The van der Waals surface area contributed by atoms with Crippen LogP contribution in [0.4, 0.5) is 0 Å². The summed E-state index contributed by atoms with van der Waals surface area (Å²) in [5, 5.41) is 6.24. The van der Waals surface area contributed by atoms with Crippen LogP contribution in [0.2, 0.25) is 0 Å². The molecule has 0 spiro atoms. The number of rotatable bonds is 5. The Hall–Kier alpha value is -1.17. The Balaban J connectivity index is 1.79. The predicted molar refractivity (Wildman–Crippen MR) is 86.7 cm³/mol. The van der Waals surface area contributed by atoms with E-state index in [0.29, 0.717) is 11.3 Å². The van der Waals surface area contributed by atoms with Crippen molar-refractivity contribution in [1.29, 1.82) is 0 Å². The molecule has 1 saturated heterocycles. The average molecular weight is 303 g/mol. The summed E-state index contributed by atoms with van der Waals surface area (Å²) in [6.45, 7) is 4.89. The Morgan fingerprint density at radius 3 is 3.14 bits per heavy atom. The summed E-state index contributed by atoms with van der Waals surface area (Å²) in [7, 11) is 0. The molecule has 0 aliphatic carbocycles. The molecule has 1 aliphatic rings. The first-order valence-corrected chi connectivity index (χ1v) is 8.44. The Bertz CT molecular complexity index is 587. The minimum atomic E-state index is 0.406. The van der Waals surface area contributed by atoms with Crippen LogP contribution < -0.4 is 5.32 Å². The van der Waals surface area contributed by atoms with Crippen LogP contribution in [0.1, 0.15) is 19.8 Å². The van der Waals surface area contributed by atoms with E-state index < -0.39 is 0 Å². The van der Waals surface area contributed by atoms with Crippen molar-refractivity contribution in [3.8, 4) is 0 Å². The van der Waals surface area contributed by atoms with Crippen LogP contribution in [0.5, 0.6) is 0 Å². The number of nitrogens with zero attached hydrogens (tertiary/aromatic N) is 2. The summed E-state index contributed by atoms with van der Waals surface area (Å²) in [4.78, 5) is 8.82. The third-order valence-corrected chi connectivity index (χ3v) is 5.05. The Kier molecular flexibility index (Phi) is 5.06. The van der Waals surface area contributed by atoms with Gasteiger partial charge in [0.15, 0.2) is 0 Å². The van der Waals surface area contributed by atoms with Gasteiger partial charge in [0.05, 0.1) is 12.1 Å². The monoisotopic (exact) mass is 303 g/mol. The normalized spacial score (nSPS) is 22.5. The van der Waals surface area contributed by atoms with Crippen molar-refractivity contribution in [2.75, 3.05) is 19.8 Å². The van der Waals surface area contributed by atoms with Crippen LogP contribution in [0.25, 0.3) is 10.9 Å². The molecule has 3 rings (SSSR count). The summed E-state index contributed by atoms with van der Waals surface area (Å²) in [6, 6.07) is 8.68. The van der Waals surface area contributed by atoms with E-state index in [2.05, 4.69) is 28.3 Å². The third-order valence-electron chi connectivity index (χ3n) is 3.73. The number of ether oxygens (including phenoxy) is 1. The van der Waals surface area contributed by atoms with Gasteiger partial charge in [-0.15, -0.1) is 0 Å². The molecule has 0 saturated carbocycles. The molecule has 2 heterocycles. The molecule has 1 fully saturated rings. The minimum Gasteiger partial charge on any atom is -0.380 e. The lowest BCUT2D eigenvalue weighted by atomic mass is 10.1. The minimum absolute atomic E-state index is 0.406. The number of thioether (sulfide) groups is 1. The zero-order valence-corrected chi connectivity index (χ0v) is 13.1. The molecule has 2 atom stereocenters. The second-order valence-electron chi connectivity index (χ2n) is 5.28. The first-order valence-electron chi connectivity index (χ1n) is 7.56. The second kappa shape index (κ2) is 7.20. The number of hydrogen-bond donors (Lipinski definition) is 1. The maximum absolute atomic E-state index is 5.67. The summed E-state index contributed by atoms with van der Waals surface area (Å²) in [6.07, 6.45) is 3.88. The van der Waals surface area contributed by atoms with E-state index in [0.717, 1.165) is 48.5 Å². The molecule has 0 radical (unpaired) electrons. The number of aromatic nitrogens is 2. The molecular weight excluding hydrogens is 282 g/mol. The molecular formula is C16H21N3OS. The molecule has 2 unspecified atom stereocenters. The van der Waals surface area contributed by atoms with Gasteiger partial charge in [-0.3, -0.25) is 0 Å². The fourth-order valence-electron chi connectivity index (χ4n) is 2.61. The zero-order chi connectivity index (χ0) is 14.5. The third kappa shape index (κ3) is 3.54. The van der Waals surface area contributed by atoms with Crippen LogP contribution in [0.15, 0.2) is 35.6 Å². The topological polar surface area (TPSA) is 47.0 Å². The molecule has 2 aromatic rings. The largest absolute Gasteiger partial charge is 0.380 e. The Labute approximate surface area is 129 Å². The van der Waals surface area contributed by atoms with Crippen molar-refractivity contribution >= 4 is 22.7 Å². The van der Waals surface area contributed by atoms with Crippen LogP contribution in [0, 0.1) is 0 Å². The van der Waals surface area contributed by atoms with E-state index in [-0.39, 0.29) is 0 Å². The standard InChI is InChI=1S/C16H21N3OS/c1-2-8-17-14-7-9-20-10-15(14)21-16-12-5-3-4-6-13(12)18-11-19-16/h3-6,11,14-15,17H,2,7-10H2,1H3. The molecule has 5 heteroatoms. The van der Waals surface area contributed by atoms with Gasteiger partial charge in [0, 0.05) is 23.3 Å². The first-order chi connectivity index (χ1) is 10.4. The second-order valence-corrected chi connectivity index (χ2v) is 6.50. The highest BCUT2D eigenvalue weighted by atomic mass is 32.2. The number of hydrogen-bond acceptors (Lipinski definition) is 5. The zero-order valence-electron chi connectivity index (χ0n) is 12.3. The molecule has 112 valence electrons. The molecule has 0 bridgehead atoms. The number of benzene rings is 1. The van der Waals surface area contributed by atoms with Crippen LogP contribution in [-0.2, 0) is 4.74 Å². The molecule has 1 aromatic heterocycles. The maximum atomic E-state index is 5.67. The summed E-state index contributed by atoms with van der Waals surface area (Å²) >= 11 is 1.81. The highest BCUT2D eigenvalue weighted by Gasteiger charge is 2.27. The van der Waals surface area contributed by atoms with Gasteiger partial charge >= 0.3 is 0 Å². The summed E-state index contributed by atoms with van der Waals surface area (Å²) in [5.74, 6) is 0. The van der Waals surface area contributed by atoms with Crippen LogP contribution in [0.3, 0.4) is 0 Å². The van der Waals surface area contributed by atoms with Crippen molar-refractivity contribution in [2.24, 2.45) is 0 Å². The maximum Gasteiger partial charge on any atom is 0.117 e. The number of para-hydroxylation sites is 1. The Morgan fingerprint density at radius 1 is 1.33 bits per heavy atom. The fourth-order valence-corrected chi connectivity index (χ4v) is 3.86. The van der Waals surface area contributed by atoms with Gasteiger partial charge < -0.3 is 10.1 Å². The van der Waals surface area contributed by atoms with E-state index in [1.165, 1.54) is 0 Å². The smallest absolute Gasteiger partial charge is 0.117 e. The van der Waals surface area contributed by atoms with E-state index in [9.17, 15) is 0 Å². The Morgan fingerprint density at radius 2 is 2.24 bits per heavy atom. The van der Waals surface area contributed by atoms with Gasteiger partial charge in [0.25, 0.3) is 0 Å². The first kappa shape index (κ1) is 14.8. The summed E-state index contributed by atoms with van der Waals surface area (Å²) in [5.41, 5.74) is 1.00.